The quantitative estimate of drug-likeness (QED) is 0.312. The van der Waals surface area contributed by atoms with E-state index in [1.807, 2.05) is 43.3 Å². The van der Waals surface area contributed by atoms with Crippen molar-refractivity contribution in [3.8, 4) is 11.3 Å². The zero-order valence-electron chi connectivity index (χ0n) is 22.8. The summed E-state index contributed by atoms with van der Waals surface area (Å²) >= 11 is 0. The molecule has 2 aromatic heterocycles. The maximum absolute atomic E-state index is 13.3. The Labute approximate surface area is 228 Å². The van der Waals surface area contributed by atoms with Crippen molar-refractivity contribution in [1.29, 1.82) is 0 Å². The molecule has 1 aliphatic carbocycles. The molecule has 3 aromatic rings. The van der Waals surface area contributed by atoms with Crippen LogP contribution in [0.2, 0.25) is 0 Å². The molecule has 3 N–H and O–H groups in total. The van der Waals surface area contributed by atoms with Crippen molar-refractivity contribution in [2.75, 3.05) is 37.5 Å². The second-order valence-corrected chi connectivity index (χ2v) is 10.1. The molecular weight excluding hydrogens is 498 g/mol. The zero-order chi connectivity index (χ0) is 27.9. The van der Waals surface area contributed by atoms with Gasteiger partial charge in [-0.05, 0) is 49.9 Å². The third-order valence-corrected chi connectivity index (χ3v) is 7.18. The van der Waals surface area contributed by atoms with E-state index >= 15 is 0 Å². The van der Waals surface area contributed by atoms with Crippen LogP contribution in [0, 0.1) is 5.92 Å². The molecule has 39 heavy (non-hydrogen) atoms. The number of ether oxygens (including phenoxy) is 1. The van der Waals surface area contributed by atoms with Gasteiger partial charge in [0.05, 0.1) is 13.0 Å². The largest absolute Gasteiger partial charge is 0.481 e. The van der Waals surface area contributed by atoms with Crippen LogP contribution in [0.15, 0.2) is 42.6 Å². The topological polar surface area (TPSA) is 125 Å². The minimum Gasteiger partial charge on any atom is -0.481 e. The lowest BCUT2D eigenvalue weighted by Gasteiger charge is -2.30. The SMILES string of the molecule is CCOC(=O)CNc1c(-c2ccc(N(C)C)cc2)nc2cc(C(=O)NC(CC(=O)O)C3CCCCC3)ccn12. The Morgan fingerprint density at radius 1 is 1.13 bits per heavy atom. The van der Waals surface area contributed by atoms with Gasteiger partial charge in [0.2, 0.25) is 0 Å². The number of aliphatic carboxylic acids is 1. The Kier molecular flexibility index (Phi) is 9.06. The number of carboxylic acid groups (broad SMARTS) is 1. The number of pyridine rings is 1. The molecule has 0 saturated heterocycles. The first-order chi connectivity index (χ1) is 18.8. The molecule has 1 aromatic carbocycles. The Balaban J connectivity index is 1.64. The highest BCUT2D eigenvalue weighted by atomic mass is 16.5. The highest BCUT2D eigenvalue weighted by Crippen LogP contribution is 2.31. The average Bonchev–Trinajstić information content (AvgIpc) is 3.29. The number of benzene rings is 1. The number of rotatable bonds is 11. The van der Waals surface area contributed by atoms with Crippen LogP contribution >= 0.6 is 0 Å². The minimum absolute atomic E-state index is 0.0368. The number of hydrogen-bond donors (Lipinski definition) is 3. The van der Waals surface area contributed by atoms with Gasteiger partial charge in [0, 0.05) is 43.1 Å². The Hall–Kier alpha value is -4.08. The number of esters is 1. The molecule has 1 amide bonds. The van der Waals surface area contributed by atoms with Crippen LogP contribution < -0.4 is 15.5 Å². The van der Waals surface area contributed by atoms with Crippen LogP contribution in [0.1, 0.15) is 55.8 Å². The predicted molar refractivity (Wildman–Crippen MR) is 150 cm³/mol. The van der Waals surface area contributed by atoms with Gasteiger partial charge in [-0.15, -0.1) is 0 Å². The van der Waals surface area contributed by atoms with Gasteiger partial charge in [-0.1, -0.05) is 31.4 Å². The average molecular weight is 536 g/mol. The fourth-order valence-corrected chi connectivity index (χ4v) is 5.15. The van der Waals surface area contributed by atoms with Crippen LogP contribution in [0.5, 0.6) is 0 Å². The summed E-state index contributed by atoms with van der Waals surface area (Å²) in [7, 11) is 3.93. The fraction of sp³-hybridized carbons (Fsp3) is 0.448. The van der Waals surface area contributed by atoms with Gasteiger partial charge < -0.3 is 25.4 Å². The highest BCUT2D eigenvalue weighted by Gasteiger charge is 2.28. The molecule has 0 spiro atoms. The van der Waals surface area contributed by atoms with E-state index in [0.29, 0.717) is 22.7 Å². The van der Waals surface area contributed by atoms with Gasteiger partial charge in [0.1, 0.15) is 23.7 Å². The van der Waals surface area contributed by atoms with E-state index in [0.717, 1.165) is 43.4 Å². The number of amides is 1. The van der Waals surface area contributed by atoms with E-state index in [9.17, 15) is 19.5 Å². The number of nitrogens with one attached hydrogen (secondary N) is 2. The van der Waals surface area contributed by atoms with Gasteiger partial charge in [-0.2, -0.15) is 0 Å². The lowest BCUT2D eigenvalue weighted by molar-refractivity contribution is -0.141. The second-order valence-electron chi connectivity index (χ2n) is 10.1. The van der Waals surface area contributed by atoms with Gasteiger partial charge in [0.25, 0.3) is 5.91 Å². The molecular formula is C29H37N5O5. The van der Waals surface area contributed by atoms with E-state index in [2.05, 4.69) is 10.6 Å². The third kappa shape index (κ3) is 6.87. The summed E-state index contributed by atoms with van der Waals surface area (Å²) in [6.07, 6.45) is 6.72. The van der Waals surface area contributed by atoms with Gasteiger partial charge >= 0.3 is 11.9 Å². The number of carboxylic acids is 1. The number of carbonyl (C=O) groups is 3. The van der Waals surface area contributed by atoms with E-state index in [1.165, 1.54) is 0 Å². The maximum Gasteiger partial charge on any atom is 0.325 e. The molecule has 2 heterocycles. The summed E-state index contributed by atoms with van der Waals surface area (Å²) < 4.78 is 6.87. The summed E-state index contributed by atoms with van der Waals surface area (Å²) in [5.74, 6) is -0.866. The maximum atomic E-state index is 13.3. The van der Waals surface area contributed by atoms with Crippen molar-refractivity contribution >= 4 is 35.0 Å². The molecule has 1 aliphatic rings. The first kappa shape index (κ1) is 27.9. The lowest BCUT2D eigenvalue weighted by Crippen LogP contribution is -2.42. The summed E-state index contributed by atoms with van der Waals surface area (Å²) in [5, 5.41) is 15.6. The van der Waals surface area contributed by atoms with Gasteiger partial charge in [-0.3, -0.25) is 18.8 Å². The van der Waals surface area contributed by atoms with E-state index in [-0.39, 0.29) is 37.4 Å². The number of carbonyl (C=O) groups excluding carboxylic acids is 2. The van der Waals surface area contributed by atoms with Crippen molar-refractivity contribution in [3.63, 3.8) is 0 Å². The number of aromatic nitrogens is 2. The van der Waals surface area contributed by atoms with E-state index in [4.69, 9.17) is 9.72 Å². The second kappa shape index (κ2) is 12.6. The number of hydrogen-bond acceptors (Lipinski definition) is 7. The first-order valence-corrected chi connectivity index (χ1v) is 13.5. The normalized spacial score (nSPS) is 14.5. The number of fused-ring (bicyclic) bond motifs is 1. The van der Waals surface area contributed by atoms with Gasteiger partial charge in [0.15, 0.2) is 0 Å². The summed E-state index contributed by atoms with van der Waals surface area (Å²) in [5.41, 5.74) is 3.43. The van der Waals surface area contributed by atoms with Crippen molar-refractivity contribution < 1.29 is 24.2 Å². The van der Waals surface area contributed by atoms with E-state index in [1.54, 1.807) is 29.7 Å². The van der Waals surface area contributed by atoms with Crippen LogP contribution in [-0.4, -0.2) is 65.6 Å². The standard InChI is InChI=1S/C29H37N5O5/c1-4-39-26(37)18-30-28-27(20-10-12-22(13-11-20)33(2)3)32-24-16-21(14-15-34(24)28)29(38)31-23(17-25(35)36)19-8-6-5-7-9-19/h10-16,19,23,30H,4-9,17-18H2,1-3H3,(H,31,38)(H,35,36). The minimum atomic E-state index is -0.920. The zero-order valence-corrected chi connectivity index (χ0v) is 22.8. The first-order valence-electron chi connectivity index (χ1n) is 13.5. The molecule has 0 bridgehead atoms. The van der Waals surface area contributed by atoms with Crippen LogP contribution in [-0.2, 0) is 14.3 Å². The molecule has 4 rings (SSSR count). The predicted octanol–water partition coefficient (Wildman–Crippen LogP) is 4.20. The number of anilines is 2. The molecule has 10 nitrogen and oxygen atoms in total. The number of imidazole rings is 1. The Morgan fingerprint density at radius 2 is 1.85 bits per heavy atom. The summed E-state index contributed by atoms with van der Waals surface area (Å²) in [6.45, 7) is 2.01. The monoisotopic (exact) mass is 535 g/mol. The molecule has 0 aliphatic heterocycles. The van der Waals surface area contributed by atoms with Crippen LogP contribution in [0.25, 0.3) is 16.9 Å². The Morgan fingerprint density at radius 3 is 2.49 bits per heavy atom. The van der Waals surface area contributed by atoms with E-state index < -0.39 is 12.0 Å². The van der Waals surface area contributed by atoms with Crippen molar-refractivity contribution in [2.24, 2.45) is 5.92 Å². The molecule has 1 saturated carbocycles. The summed E-state index contributed by atoms with van der Waals surface area (Å²) in [4.78, 5) is 43.7. The van der Waals surface area contributed by atoms with Crippen molar-refractivity contribution in [2.45, 2.75) is 51.5 Å². The smallest absolute Gasteiger partial charge is 0.325 e. The lowest BCUT2D eigenvalue weighted by atomic mass is 9.82. The third-order valence-electron chi connectivity index (χ3n) is 7.18. The van der Waals surface area contributed by atoms with Gasteiger partial charge in [-0.25, -0.2) is 4.98 Å². The van der Waals surface area contributed by atoms with Crippen molar-refractivity contribution in [3.05, 3.63) is 48.2 Å². The van der Waals surface area contributed by atoms with Crippen molar-refractivity contribution in [1.82, 2.24) is 14.7 Å². The summed E-state index contributed by atoms with van der Waals surface area (Å²) in [6, 6.07) is 10.8. The molecule has 1 atom stereocenters. The van der Waals surface area contributed by atoms with Crippen LogP contribution in [0.4, 0.5) is 11.5 Å². The fourth-order valence-electron chi connectivity index (χ4n) is 5.15. The molecule has 208 valence electrons. The number of nitrogens with zero attached hydrogens (tertiary/aromatic N) is 3. The highest BCUT2D eigenvalue weighted by molar-refractivity contribution is 5.96. The van der Waals surface area contributed by atoms with Crippen LogP contribution in [0.3, 0.4) is 0 Å². The molecule has 10 heteroatoms. The Bertz CT molecular complexity index is 1310. The molecule has 0 radical (unpaired) electrons. The molecule has 1 fully saturated rings. The molecule has 1 unspecified atom stereocenters.